The summed E-state index contributed by atoms with van der Waals surface area (Å²) in [5.74, 6) is 0.710. The zero-order chi connectivity index (χ0) is 11.0. The molecule has 1 aromatic carbocycles. The molecule has 3 rings (SSSR count). The Morgan fingerprint density at radius 1 is 1.12 bits per heavy atom. The van der Waals surface area contributed by atoms with Crippen LogP contribution in [-0.4, -0.2) is 9.97 Å². The number of nitrogens with zero attached hydrogens (tertiary/aromatic N) is 2. The van der Waals surface area contributed by atoms with Crippen molar-refractivity contribution in [3.63, 3.8) is 0 Å². The number of furan rings is 1. The SMILES string of the molecule is Brc1cc2nc(-c3ccccc3)ncc2o1. The maximum absolute atomic E-state index is 5.35. The molecular weight excluding hydrogens is 268 g/mol. The average Bonchev–Trinajstić information content (AvgIpc) is 2.69. The maximum atomic E-state index is 5.35. The molecule has 0 amide bonds. The molecule has 78 valence electrons. The van der Waals surface area contributed by atoms with E-state index in [2.05, 4.69) is 25.9 Å². The van der Waals surface area contributed by atoms with E-state index in [4.69, 9.17) is 4.42 Å². The van der Waals surface area contributed by atoms with Crippen molar-refractivity contribution in [1.82, 2.24) is 9.97 Å². The number of halogens is 1. The van der Waals surface area contributed by atoms with Crippen molar-refractivity contribution in [3.05, 3.63) is 47.3 Å². The molecule has 0 bridgehead atoms. The second kappa shape index (κ2) is 3.72. The molecule has 2 aromatic heterocycles. The van der Waals surface area contributed by atoms with Gasteiger partial charge in [0.05, 0.1) is 6.20 Å². The molecule has 2 heterocycles. The van der Waals surface area contributed by atoms with E-state index in [0.29, 0.717) is 16.1 Å². The highest BCUT2D eigenvalue weighted by Crippen LogP contribution is 2.23. The van der Waals surface area contributed by atoms with E-state index in [0.717, 1.165) is 11.1 Å². The van der Waals surface area contributed by atoms with Crippen molar-refractivity contribution in [3.8, 4) is 11.4 Å². The molecule has 0 saturated heterocycles. The molecule has 0 N–H and O–H groups in total. The molecule has 0 saturated carbocycles. The number of benzene rings is 1. The first-order valence-corrected chi connectivity index (χ1v) is 5.60. The molecule has 16 heavy (non-hydrogen) atoms. The zero-order valence-corrected chi connectivity index (χ0v) is 9.81. The first kappa shape index (κ1) is 9.54. The van der Waals surface area contributed by atoms with E-state index in [1.807, 2.05) is 36.4 Å². The second-order valence-electron chi connectivity index (χ2n) is 3.36. The number of hydrogen-bond acceptors (Lipinski definition) is 3. The van der Waals surface area contributed by atoms with Crippen LogP contribution in [0, 0.1) is 0 Å². The van der Waals surface area contributed by atoms with Crippen molar-refractivity contribution in [2.75, 3.05) is 0 Å². The van der Waals surface area contributed by atoms with Crippen molar-refractivity contribution in [1.29, 1.82) is 0 Å². The topological polar surface area (TPSA) is 38.9 Å². The summed E-state index contributed by atoms with van der Waals surface area (Å²) in [5.41, 5.74) is 2.49. The Morgan fingerprint density at radius 2 is 1.94 bits per heavy atom. The lowest BCUT2D eigenvalue weighted by molar-refractivity contribution is 0.585. The smallest absolute Gasteiger partial charge is 0.172 e. The predicted molar refractivity (Wildman–Crippen MR) is 64.9 cm³/mol. The van der Waals surface area contributed by atoms with Crippen LogP contribution < -0.4 is 0 Å². The van der Waals surface area contributed by atoms with Crippen LogP contribution >= 0.6 is 15.9 Å². The van der Waals surface area contributed by atoms with Crippen LogP contribution in [0.15, 0.2) is 51.7 Å². The van der Waals surface area contributed by atoms with Gasteiger partial charge in [0.15, 0.2) is 16.1 Å². The molecule has 0 aliphatic heterocycles. The molecule has 0 radical (unpaired) electrons. The van der Waals surface area contributed by atoms with Crippen molar-refractivity contribution in [2.45, 2.75) is 0 Å². The van der Waals surface area contributed by atoms with E-state index in [1.165, 1.54) is 0 Å². The van der Waals surface area contributed by atoms with Gasteiger partial charge in [-0.15, -0.1) is 0 Å². The molecule has 0 aliphatic rings. The largest absolute Gasteiger partial charge is 0.446 e. The van der Waals surface area contributed by atoms with Crippen LogP contribution in [0.4, 0.5) is 0 Å². The Morgan fingerprint density at radius 3 is 2.75 bits per heavy atom. The standard InChI is InChI=1S/C12H7BrN2O/c13-11-6-9-10(16-11)7-14-12(15-9)8-4-2-1-3-5-8/h1-7H. The summed E-state index contributed by atoms with van der Waals surface area (Å²) in [6.45, 7) is 0. The molecule has 3 nitrogen and oxygen atoms in total. The van der Waals surface area contributed by atoms with Crippen LogP contribution in [0.5, 0.6) is 0 Å². The van der Waals surface area contributed by atoms with Gasteiger partial charge in [-0.05, 0) is 15.9 Å². The van der Waals surface area contributed by atoms with E-state index >= 15 is 0 Å². The highest BCUT2D eigenvalue weighted by atomic mass is 79.9. The van der Waals surface area contributed by atoms with Crippen molar-refractivity contribution >= 4 is 27.0 Å². The van der Waals surface area contributed by atoms with E-state index in [9.17, 15) is 0 Å². The minimum absolute atomic E-state index is 0.669. The fourth-order valence-electron chi connectivity index (χ4n) is 1.53. The van der Waals surface area contributed by atoms with Gasteiger partial charge in [0.2, 0.25) is 0 Å². The van der Waals surface area contributed by atoms with Gasteiger partial charge in [-0.1, -0.05) is 30.3 Å². The summed E-state index contributed by atoms with van der Waals surface area (Å²) in [6.07, 6.45) is 1.69. The number of fused-ring (bicyclic) bond motifs is 1. The Labute approximate surface area is 100 Å². The summed E-state index contributed by atoms with van der Waals surface area (Å²) in [5, 5.41) is 0. The second-order valence-corrected chi connectivity index (χ2v) is 4.14. The van der Waals surface area contributed by atoms with Gasteiger partial charge in [-0.2, -0.15) is 0 Å². The van der Waals surface area contributed by atoms with E-state index in [-0.39, 0.29) is 0 Å². The van der Waals surface area contributed by atoms with Crippen LogP contribution in [0.2, 0.25) is 0 Å². The molecule has 0 unspecified atom stereocenters. The number of aromatic nitrogens is 2. The zero-order valence-electron chi connectivity index (χ0n) is 8.22. The van der Waals surface area contributed by atoms with Gasteiger partial charge in [-0.3, -0.25) is 0 Å². The average molecular weight is 275 g/mol. The van der Waals surface area contributed by atoms with Crippen LogP contribution in [0.1, 0.15) is 0 Å². The fraction of sp³-hybridized carbons (Fsp3) is 0. The molecular formula is C12H7BrN2O. The van der Waals surface area contributed by atoms with Gasteiger partial charge in [0.25, 0.3) is 0 Å². The Balaban J connectivity index is 2.18. The third-order valence-electron chi connectivity index (χ3n) is 2.27. The summed E-state index contributed by atoms with van der Waals surface area (Å²) < 4.78 is 6.02. The lowest BCUT2D eigenvalue weighted by atomic mass is 10.2. The third-order valence-corrected chi connectivity index (χ3v) is 2.66. The summed E-state index contributed by atoms with van der Waals surface area (Å²) in [7, 11) is 0. The first-order valence-electron chi connectivity index (χ1n) is 4.80. The molecule has 0 aliphatic carbocycles. The van der Waals surface area contributed by atoms with Crippen LogP contribution in [0.25, 0.3) is 22.5 Å². The maximum Gasteiger partial charge on any atom is 0.172 e. The lowest BCUT2D eigenvalue weighted by Crippen LogP contribution is -1.87. The third kappa shape index (κ3) is 1.61. The Kier molecular flexibility index (Phi) is 2.22. The van der Waals surface area contributed by atoms with Crippen molar-refractivity contribution in [2.24, 2.45) is 0 Å². The summed E-state index contributed by atoms with van der Waals surface area (Å²) in [6, 6.07) is 11.7. The van der Waals surface area contributed by atoms with Crippen LogP contribution in [-0.2, 0) is 0 Å². The van der Waals surface area contributed by atoms with Gasteiger partial charge < -0.3 is 4.42 Å². The molecule has 0 atom stereocenters. The molecule has 0 spiro atoms. The summed E-state index contributed by atoms with van der Waals surface area (Å²) in [4.78, 5) is 8.70. The highest BCUT2D eigenvalue weighted by molar-refractivity contribution is 9.10. The minimum atomic E-state index is 0.669. The lowest BCUT2D eigenvalue weighted by Gasteiger charge is -1.97. The normalized spacial score (nSPS) is 10.8. The fourth-order valence-corrected chi connectivity index (χ4v) is 1.93. The summed E-state index contributed by atoms with van der Waals surface area (Å²) >= 11 is 3.27. The monoisotopic (exact) mass is 274 g/mol. The Hall–Kier alpha value is -1.68. The van der Waals surface area contributed by atoms with Gasteiger partial charge in [0.1, 0.15) is 5.52 Å². The first-order chi connectivity index (χ1) is 7.83. The van der Waals surface area contributed by atoms with Crippen molar-refractivity contribution < 1.29 is 4.42 Å². The van der Waals surface area contributed by atoms with Gasteiger partial charge in [0, 0.05) is 11.6 Å². The minimum Gasteiger partial charge on any atom is -0.446 e. The quantitative estimate of drug-likeness (QED) is 0.680. The highest BCUT2D eigenvalue weighted by Gasteiger charge is 2.06. The van der Waals surface area contributed by atoms with Gasteiger partial charge in [-0.25, -0.2) is 9.97 Å². The van der Waals surface area contributed by atoms with Crippen LogP contribution in [0.3, 0.4) is 0 Å². The predicted octanol–water partition coefficient (Wildman–Crippen LogP) is 3.65. The molecule has 3 aromatic rings. The van der Waals surface area contributed by atoms with E-state index < -0.39 is 0 Å². The molecule has 4 heteroatoms. The number of rotatable bonds is 1. The Bertz CT molecular complexity index is 634. The van der Waals surface area contributed by atoms with E-state index in [1.54, 1.807) is 6.20 Å². The number of hydrogen-bond donors (Lipinski definition) is 0. The van der Waals surface area contributed by atoms with Gasteiger partial charge >= 0.3 is 0 Å². The molecule has 0 fully saturated rings.